The average molecular weight is 377 g/mol. The zero-order valence-electron chi connectivity index (χ0n) is 15.1. The molecule has 1 saturated carbocycles. The zero-order chi connectivity index (χ0) is 19.0. The van der Waals surface area contributed by atoms with Crippen LogP contribution in [0, 0.1) is 17.2 Å². The maximum atomic E-state index is 14.1. The Labute approximate surface area is 157 Å². The van der Waals surface area contributed by atoms with Gasteiger partial charge in [0.25, 0.3) is 0 Å². The summed E-state index contributed by atoms with van der Waals surface area (Å²) >= 11 is 0. The lowest BCUT2D eigenvalue weighted by molar-refractivity contribution is -0.149. The van der Waals surface area contributed by atoms with Crippen LogP contribution in [-0.2, 0) is 9.53 Å². The first-order valence-electron chi connectivity index (χ1n) is 9.40. The number of rotatable bonds is 3. The Morgan fingerprint density at radius 1 is 1.26 bits per heavy atom. The van der Waals surface area contributed by atoms with Gasteiger partial charge in [0.2, 0.25) is 0 Å². The van der Waals surface area contributed by atoms with E-state index in [9.17, 15) is 19.1 Å². The second-order valence-electron chi connectivity index (χ2n) is 7.66. The van der Waals surface area contributed by atoms with Crippen LogP contribution in [0.4, 0.5) is 20.6 Å². The number of aliphatic carboxylic acids is 1. The SMILES string of the molecule is O=C(Nc1cc(F)cc(N2CCOCC2)c1)N1C[C@@H]2CCC[C@@]2(C(=O)O)C1. The molecule has 3 fully saturated rings. The predicted octanol–water partition coefficient (Wildman–Crippen LogP) is 2.38. The summed E-state index contributed by atoms with van der Waals surface area (Å²) in [5.74, 6) is -1.24. The number of fused-ring (bicyclic) bond motifs is 1. The van der Waals surface area contributed by atoms with E-state index in [-0.39, 0.29) is 18.5 Å². The van der Waals surface area contributed by atoms with E-state index < -0.39 is 17.2 Å². The van der Waals surface area contributed by atoms with Crippen LogP contribution in [-0.4, -0.2) is 61.4 Å². The van der Waals surface area contributed by atoms with Crippen LogP contribution in [0.5, 0.6) is 0 Å². The number of nitrogens with one attached hydrogen (secondary N) is 1. The quantitative estimate of drug-likeness (QED) is 0.845. The van der Waals surface area contributed by atoms with Crippen molar-refractivity contribution in [3.8, 4) is 0 Å². The molecule has 1 aromatic rings. The fourth-order valence-electron chi connectivity index (χ4n) is 4.65. The molecule has 0 unspecified atom stereocenters. The Balaban J connectivity index is 1.47. The number of morpholine rings is 1. The normalized spacial score (nSPS) is 27.5. The molecule has 8 heteroatoms. The summed E-state index contributed by atoms with van der Waals surface area (Å²) in [4.78, 5) is 28.0. The van der Waals surface area contributed by atoms with E-state index in [2.05, 4.69) is 5.32 Å². The predicted molar refractivity (Wildman–Crippen MR) is 97.4 cm³/mol. The van der Waals surface area contributed by atoms with Crippen molar-refractivity contribution in [2.45, 2.75) is 19.3 Å². The minimum Gasteiger partial charge on any atom is -0.481 e. The number of carboxylic acids is 1. The van der Waals surface area contributed by atoms with Crippen LogP contribution in [0.25, 0.3) is 0 Å². The monoisotopic (exact) mass is 377 g/mol. The molecule has 27 heavy (non-hydrogen) atoms. The van der Waals surface area contributed by atoms with Crippen LogP contribution in [0.2, 0.25) is 0 Å². The molecule has 2 heterocycles. The number of urea groups is 1. The first-order chi connectivity index (χ1) is 13.0. The Kier molecular flexibility index (Phi) is 4.67. The molecule has 0 bridgehead atoms. The highest BCUT2D eigenvalue weighted by Gasteiger charge is 2.55. The molecular formula is C19H24FN3O4. The smallest absolute Gasteiger partial charge is 0.321 e. The van der Waals surface area contributed by atoms with Crippen molar-refractivity contribution in [1.29, 1.82) is 0 Å². The van der Waals surface area contributed by atoms with Gasteiger partial charge in [-0.2, -0.15) is 0 Å². The highest BCUT2D eigenvalue weighted by molar-refractivity contribution is 5.91. The van der Waals surface area contributed by atoms with E-state index in [1.54, 1.807) is 11.0 Å². The molecule has 2 amide bonds. The van der Waals surface area contributed by atoms with Gasteiger partial charge in [-0.1, -0.05) is 6.42 Å². The molecule has 2 aliphatic heterocycles. The number of likely N-dealkylation sites (tertiary alicyclic amines) is 1. The Morgan fingerprint density at radius 2 is 2.04 bits per heavy atom. The van der Waals surface area contributed by atoms with E-state index in [0.717, 1.165) is 12.8 Å². The van der Waals surface area contributed by atoms with Crippen LogP contribution in [0.15, 0.2) is 18.2 Å². The highest BCUT2D eigenvalue weighted by Crippen LogP contribution is 2.49. The summed E-state index contributed by atoms with van der Waals surface area (Å²) in [6.45, 7) is 3.17. The van der Waals surface area contributed by atoms with E-state index >= 15 is 0 Å². The second-order valence-corrected chi connectivity index (χ2v) is 7.66. The summed E-state index contributed by atoms with van der Waals surface area (Å²) in [6, 6.07) is 4.10. The van der Waals surface area contributed by atoms with Crippen LogP contribution < -0.4 is 10.2 Å². The molecule has 0 spiro atoms. The average Bonchev–Trinajstić information content (AvgIpc) is 3.20. The standard InChI is InChI=1S/C19H24FN3O4/c20-14-8-15(10-16(9-14)22-4-6-27-7-5-22)21-18(26)23-11-13-2-1-3-19(13,12-23)17(24)25/h8-10,13H,1-7,11-12H2,(H,21,26)(H,24,25)/t13-,19+/m0/s1. The molecule has 0 aromatic heterocycles. The minimum atomic E-state index is -0.821. The van der Waals surface area contributed by atoms with Gasteiger partial charge >= 0.3 is 12.0 Å². The zero-order valence-corrected chi connectivity index (χ0v) is 15.1. The summed E-state index contributed by atoms with van der Waals surface area (Å²) in [5, 5.41) is 12.4. The van der Waals surface area contributed by atoms with Gasteiger partial charge in [0.1, 0.15) is 5.82 Å². The highest BCUT2D eigenvalue weighted by atomic mass is 19.1. The van der Waals surface area contributed by atoms with Gasteiger partial charge in [-0.05, 0) is 37.0 Å². The number of ether oxygens (including phenoxy) is 1. The van der Waals surface area contributed by atoms with E-state index in [1.165, 1.54) is 12.1 Å². The lowest BCUT2D eigenvalue weighted by atomic mass is 9.81. The molecule has 7 nitrogen and oxygen atoms in total. The van der Waals surface area contributed by atoms with Crippen molar-refractivity contribution in [1.82, 2.24) is 4.90 Å². The number of halogens is 1. The largest absolute Gasteiger partial charge is 0.481 e. The fraction of sp³-hybridized carbons (Fsp3) is 0.579. The maximum absolute atomic E-state index is 14.1. The third kappa shape index (κ3) is 3.34. The summed E-state index contributed by atoms with van der Waals surface area (Å²) in [6.07, 6.45) is 2.33. The Morgan fingerprint density at radius 3 is 2.74 bits per heavy atom. The number of anilines is 2. The number of carbonyl (C=O) groups excluding carboxylic acids is 1. The molecule has 146 valence electrons. The van der Waals surface area contributed by atoms with Crippen molar-refractivity contribution < 1.29 is 23.8 Å². The first kappa shape index (κ1) is 18.0. The van der Waals surface area contributed by atoms with Crippen LogP contribution in [0.3, 0.4) is 0 Å². The van der Waals surface area contributed by atoms with Crippen LogP contribution in [0.1, 0.15) is 19.3 Å². The topological polar surface area (TPSA) is 82.1 Å². The van der Waals surface area contributed by atoms with Gasteiger partial charge in [-0.3, -0.25) is 4.79 Å². The number of amides is 2. The minimum absolute atomic E-state index is 0.00262. The number of carbonyl (C=O) groups is 2. The summed E-state index contributed by atoms with van der Waals surface area (Å²) < 4.78 is 19.4. The Bertz CT molecular complexity index is 752. The third-order valence-corrected chi connectivity index (χ3v) is 6.09. The van der Waals surface area contributed by atoms with Crippen LogP contribution >= 0.6 is 0 Å². The van der Waals surface area contributed by atoms with Gasteiger partial charge in [-0.15, -0.1) is 0 Å². The molecule has 1 aromatic carbocycles. The van der Waals surface area contributed by atoms with Gasteiger partial charge in [0.05, 0.1) is 18.6 Å². The molecule has 2 atom stereocenters. The van der Waals surface area contributed by atoms with Gasteiger partial charge in [0, 0.05) is 37.6 Å². The van der Waals surface area contributed by atoms with E-state index in [0.29, 0.717) is 50.6 Å². The van der Waals surface area contributed by atoms with Crippen molar-refractivity contribution in [2.24, 2.45) is 11.3 Å². The Hall–Kier alpha value is -2.35. The van der Waals surface area contributed by atoms with E-state index in [4.69, 9.17) is 4.74 Å². The van der Waals surface area contributed by atoms with Gasteiger partial charge in [0.15, 0.2) is 0 Å². The molecule has 4 rings (SSSR count). The lowest BCUT2D eigenvalue weighted by Gasteiger charge is -2.29. The van der Waals surface area contributed by atoms with E-state index in [1.807, 2.05) is 4.90 Å². The first-order valence-corrected chi connectivity index (χ1v) is 9.40. The molecular weight excluding hydrogens is 353 g/mol. The maximum Gasteiger partial charge on any atom is 0.321 e. The number of nitrogens with zero attached hydrogens (tertiary/aromatic N) is 2. The molecule has 1 aliphatic carbocycles. The molecule has 3 aliphatic rings. The fourth-order valence-corrected chi connectivity index (χ4v) is 4.65. The summed E-state index contributed by atoms with van der Waals surface area (Å²) in [5.41, 5.74) is 0.259. The lowest BCUT2D eigenvalue weighted by Crippen LogP contribution is -2.39. The van der Waals surface area contributed by atoms with Crippen molar-refractivity contribution in [3.63, 3.8) is 0 Å². The molecule has 0 radical (unpaired) electrons. The third-order valence-electron chi connectivity index (χ3n) is 6.09. The van der Waals surface area contributed by atoms with Crippen molar-refractivity contribution >= 4 is 23.4 Å². The van der Waals surface area contributed by atoms with Crippen molar-refractivity contribution in [3.05, 3.63) is 24.0 Å². The van der Waals surface area contributed by atoms with Gasteiger partial charge < -0.3 is 25.0 Å². The number of hydrogen-bond acceptors (Lipinski definition) is 4. The van der Waals surface area contributed by atoms with Gasteiger partial charge in [-0.25, -0.2) is 9.18 Å². The molecule has 2 saturated heterocycles. The number of benzene rings is 1. The molecule has 2 N–H and O–H groups in total. The second kappa shape index (κ2) is 6.99. The summed E-state index contributed by atoms with van der Waals surface area (Å²) in [7, 11) is 0. The number of carboxylic acid groups (broad SMARTS) is 1. The van der Waals surface area contributed by atoms with Crippen molar-refractivity contribution in [2.75, 3.05) is 49.6 Å². The number of hydrogen-bond donors (Lipinski definition) is 2.